The molecule has 1 N–H and O–H groups in total. The smallest absolute Gasteiger partial charge is 0.0363 e. The molecule has 0 saturated carbocycles. The summed E-state index contributed by atoms with van der Waals surface area (Å²) in [6.45, 7) is 4.47. The second kappa shape index (κ2) is 4.28. The lowest BCUT2D eigenvalue weighted by atomic mass is 10.2. The molecular formula is C11H16N2. The van der Waals surface area contributed by atoms with E-state index >= 15 is 0 Å². The first-order valence-electron chi connectivity index (χ1n) is 4.96. The van der Waals surface area contributed by atoms with Crippen LogP contribution in [0.25, 0.3) is 0 Å². The Morgan fingerprint density at radius 1 is 1.15 bits per heavy atom. The maximum atomic E-state index is 3.36. The zero-order valence-electron chi connectivity index (χ0n) is 7.87. The van der Waals surface area contributed by atoms with Crippen LogP contribution in [0, 0.1) is 0 Å². The Labute approximate surface area is 79.6 Å². The molecule has 0 aromatic heterocycles. The molecule has 2 heteroatoms. The molecule has 0 aromatic carbocycles. The van der Waals surface area contributed by atoms with Gasteiger partial charge < -0.3 is 10.2 Å². The van der Waals surface area contributed by atoms with E-state index in [0.29, 0.717) is 0 Å². The first-order valence-corrected chi connectivity index (χ1v) is 4.96. The normalized spacial score (nSPS) is 22.8. The summed E-state index contributed by atoms with van der Waals surface area (Å²) in [6.07, 6.45) is 12.0. The van der Waals surface area contributed by atoms with Gasteiger partial charge in [0.15, 0.2) is 0 Å². The van der Waals surface area contributed by atoms with Crippen LogP contribution in [0.2, 0.25) is 0 Å². The zero-order chi connectivity index (χ0) is 8.93. The summed E-state index contributed by atoms with van der Waals surface area (Å²) in [5, 5.41) is 3.36. The Bertz CT molecular complexity index is 245. The topological polar surface area (TPSA) is 15.3 Å². The van der Waals surface area contributed by atoms with Crippen LogP contribution in [0.15, 0.2) is 36.1 Å². The highest BCUT2D eigenvalue weighted by molar-refractivity contribution is 5.26. The van der Waals surface area contributed by atoms with E-state index in [0.717, 1.165) is 32.6 Å². The van der Waals surface area contributed by atoms with Crippen molar-refractivity contribution in [2.75, 3.05) is 26.2 Å². The molecule has 0 amide bonds. The number of nitrogens with zero attached hydrogens (tertiary/aromatic N) is 1. The highest BCUT2D eigenvalue weighted by Crippen LogP contribution is 2.10. The third kappa shape index (κ3) is 2.22. The van der Waals surface area contributed by atoms with Crippen molar-refractivity contribution in [1.82, 2.24) is 10.2 Å². The van der Waals surface area contributed by atoms with E-state index < -0.39 is 0 Å². The van der Waals surface area contributed by atoms with E-state index in [-0.39, 0.29) is 0 Å². The van der Waals surface area contributed by atoms with E-state index in [9.17, 15) is 0 Å². The zero-order valence-corrected chi connectivity index (χ0v) is 7.87. The molecule has 0 unspecified atom stereocenters. The Morgan fingerprint density at radius 3 is 2.85 bits per heavy atom. The highest BCUT2D eigenvalue weighted by atomic mass is 15.2. The predicted octanol–water partition coefficient (Wildman–Crippen LogP) is 1.29. The minimum Gasteiger partial charge on any atom is -0.369 e. The number of allylic oxidation sites excluding steroid dienone is 5. The molecule has 0 bridgehead atoms. The lowest BCUT2D eigenvalue weighted by Crippen LogP contribution is -2.42. The third-order valence-electron chi connectivity index (χ3n) is 2.45. The van der Waals surface area contributed by atoms with Gasteiger partial charge in [0.2, 0.25) is 0 Å². The minimum absolute atomic E-state index is 1.06. The van der Waals surface area contributed by atoms with Crippen molar-refractivity contribution >= 4 is 0 Å². The number of nitrogens with one attached hydrogen (secondary N) is 1. The molecule has 2 rings (SSSR count). The molecule has 1 aliphatic carbocycles. The van der Waals surface area contributed by atoms with Gasteiger partial charge in [0.25, 0.3) is 0 Å². The fourth-order valence-corrected chi connectivity index (χ4v) is 1.70. The second-order valence-electron chi connectivity index (χ2n) is 3.39. The van der Waals surface area contributed by atoms with Gasteiger partial charge >= 0.3 is 0 Å². The summed E-state index contributed by atoms with van der Waals surface area (Å²) in [5.74, 6) is 0. The van der Waals surface area contributed by atoms with Crippen molar-refractivity contribution in [2.45, 2.75) is 6.42 Å². The molecule has 1 aliphatic heterocycles. The second-order valence-corrected chi connectivity index (χ2v) is 3.39. The number of piperazine rings is 1. The molecule has 0 spiro atoms. The summed E-state index contributed by atoms with van der Waals surface area (Å²) < 4.78 is 0. The SMILES string of the molecule is C1=CCC=CC(N2CCNCC2)=C1. The van der Waals surface area contributed by atoms with Crippen LogP contribution in [0.5, 0.6) is 0 Å². The van der Waals surface area contributed by atoms with Gasteiger partial charge in [-0.25, -0.2) is 0 Å². The molecule has 1 fully saturated rings. The van der Waals surface area contributed by atoms with Gasteiger partial charge in [0.05, 0.1) is 0 Å². The minimum atomic E-state index is 1.06. The van der Waals surface area contributed by atoms with Crippen LogP contribution in [0.1, 0.15) is 6.42 Å². The molecule has 1 heterocycles. The molecule has 2 aliphatic rings. The highest BCUT2D eigenvalue weighted by Gasteiger charge is 2.10. The predicted molar refractivity (Wildman–Crippen MR) is 55.4 cm³/mol. The van der Waals surface area contributed by atoms with E-state index in [1.165, 1.54) is 5.70 Å². The number of hydrogen-bond acceptors (Lipinski definition) is 2. The van der Waals surface area contributed by atoms with Crippen molar-refractivity contribution in [2.24, 2.45) is 0 Å². The molecule has 0 atom stereocenters. The Morgan fingerprint density at radius 2 is 2.00 bits per heavy atom. The molecule has 0 radical (unpaired) electrons. The summed E-state index contributed by atoms with van der Waals surface area (Å²) in [7, 11) is 0. The van der Waals surface area contributed by atoms with Crippen LogP contribution >= 0.6 is 0 Å². The Kier molecular flexibility index (Phi) is 2.82. The summed E-state index contributed by atoms with van der Waals surface area (Å²) in [5.41, 5.74) is 1.36. The summed E-state index contributed by atoms with van der Waals surface area (Å²) in [6, 6.07) is 0. The standard InChI is InChI=1S/C11H16N2/c1-2-4-6-11(5-3-1)13-9-7-12-8-10-13/h1,3-6,12H,2,7-10H2. The van der Waals surface area contributed by atoms with Gasteiger partial charge in [0.1, 0.15) is 0 Å². The van der Waals surface area contributed by atoms with Crippen molar-refractivity contribution < 1.29 is 0 Å². The van der Waals surface area contributed by atoms with E-state index in [1.54, 1.807) is 0 Å². The third-order valence-corrected chi connectivity index (χ3v) is 2.45. The molecule has 2 nitrogen and oxygen atoms in total. The first kappa shape index (κ1) is 8.57. The fraction of sp³-hybridized carbons (Fsp3) is 0.455. The van der Waals surface area contributed by atoms with Crippen LogP contribution < -0.4 is 5.32 Å². The summed E-state index contributed by atoms with van der Waals surface area (Å²) in [4.78, 5) is 2.43. The largest absolute Gasteiger partial charge is 0.369 e. The average Bonchev–Trinajstić information content (AvgIpc) is 2.47. The van der Waals surface area contributed by atoms with Gasteiger partial charge in [-0.05, 0) is 18.6 Å². The van der Waals surface area contributed by atoms with Gasteiger partial charge in [-0.15, -0.1) is 0 Å². The van der Waals surface area contributed by atoms with Crippen LogP contribution in [0.4, 0.5) is 0 Å². The lowest BCUT2D eigenvalue weighted by molar-refractivity contribution is 0.307. The van der Waals surface area contributed by atoms with Crippen LogP contribution in [0.3, 0.4) is 0 Å². The van der Waals surface area contributed by atoms with E-state index in [4.69, 9.17) is 0 Å². The quantitative estimate of drug-likeness (QED) is 0.647. The number of hydrogen-bond donors (Lipinski definition) is 1. The molecule has 0 aromatic rings. The molecule has 70 valence electrons. The monoisotopic (exact) mass is 176 g/mol. The average molecular weight is 176 g/mol. The van der Waals surface area contributed by atoms with Crippen LogP contribution in [-0.2, 0) is 0 Å². The maximum Gasteiger partial charge on any atom is 0.0363 e. The Hall–Kier alpha value is -1.02. The summed E-state index contributed by atoms with van der Waals surface area (Å²) >= 11 is 0. The Balaban J connectivity index is 2.05. The van der Waals surface area contributed by atoms with Crippen molar-refractivity contribution in [1.29, 1.82) is 0 Å². The fourth-order valence-electron chi connectivity index (χ4n) is 1.70. The van der Waals surface area contributed by atoms with Gasteiger partial charge in [-0.1, -0.05) is 18.2 Å². The molecule has 13 heavy (non-hydrogen) atoms. The number of rotatable bonds is 1. The molecular weight excluding hydrogens is 160 g/mol. The van der Waals surface area contributed by atoms with Crippen molar-refractivity contribution in [3.05, 3.63) is 36.1 Å². The van der Waals surface area contributed by atoms with Gasteiger partial charge in [0, 0.05) is 31.9 Å². The van der Waals surface area contributed by atoms with Gasteiger partial charge in [-0.3, -0.25) is 0 Å². The van der Waals surface area contributed by atoms with E-state index in [2.05, 4.69) is 40.6 Å². The van der Waals surface area contributed by atoms with Crippen molar-refractivity contribution in [3.8, 4) is 0 Å². The lowest BCUT2D eigenvalue weighted by Gasteiger charge is -2.30. The van der Waals surface area contributed by atoms with Crippen molar-refractivity contribution in [3.63, 3.8) is 0 Å². The molecule has 1 saturated heterocycles. The maximum absolute atomic E-state index is 3.36. The van der Waals surface area contributed by atoms with Crippen LogP contribution in [-0.4, -0.2) is 31.1 Å². The first-order chi connectivity index (χ1) is 6.47. The van der Waals surface area contributed by atoms with Gasteiger partial charge in [-0.2, -0.15) is 0 Å². The van der Waals surface area contributed by atoms with E-state index in [1.807, 2.05) is 0 Å².